The van der Waals surface area contributed by atoms with Gasteiger partial charge in [-0.2, -0.15) is 10.2 Å². The number of fused-ring (bicyclic) bond motifs is 2. The highest BCUT2D eigenvalue weighted by molar-refractivity contribution is 7.22. The lowest BCUT2D eigenvalue weighted by Gasteiger charge is -2.05. The van der Waals surface area contributed by atoms with Crippen LogP contribution in [0.25, 0.3) is 20.4 Å². The Kier molecular flexibility index (Phi) is 5.57. The van der Waals surface area contributed by atoms with Crippen LogP contribution in [0.2, 0.25) is 0 Å². The van der Waals surface area contributed by atoms with Crippen molar-refractivity contribution in [3.8, 4) is 0 Å². The molecule has 0 aliphatic rings. The lowest BCUT2D eigenvalue weighted by molar-refractivity contribution is 1.20. The van der Waals surface area contributed by atoms with E-state index in [0.29, 0.717) is 0 Å². The van der Waals surface area contributed by atoms with Gasteiger partial charge in [0.15, 0.2) is 0 Å². The number of thiazole rings is 2. The molecule has 2 aromatic carbocycles. The van der Waals surface area contributed by atoms with Crippen LogP contribution < -0.4 is 10.9 Å². The van der Waals surface area contributed by atoms with E-state index in [1.807, 2.05) is 80.6 Å². The zero-order valence-electron chi connectivity index (χ0n) is 17.4. The van der Waals surface area contributed by atoms with Gasteiger partial charge in [0.05, 0.1) is 43.2 Å². The molecule has 158 valence electrons. The number of anilines is 2. The Morgan fingerprint density at radius 2 is 1.09 bits per heavy atom. The molecule has 0 aliphatic heterocycles. The monoisotopic (exact) mass is 457 g/mol. The average molecular weight is 458 g/mol. The Bertz CT molecular complexity index is 1290. The number of pyridine rings is 1. The van der Waals surface area contributed by atoms with Gasteiger partial charge in [0.1, 0.15) is 0 Å². The van der Waals surface area contributed by atoms with Crippen molar-refractivity contribution in [3.05, 3.63) is 78.1 Å². The van der Waals surface area contributed by atoms with Gasteiger partial charge in [-0.3, -0.25) is 10.9 Å². The maximum atomic E-state index is 4.71. The summed E-state index contributed by atoms with van der Waals surface area (Å²) in [5, 5.41) is 10.4. The maximum absolute atomic E-state index is 4.71. The summed E-state index contributed by atoms with van der Waals surface area (Å²) in [6.07, 6.45) is 0. The number of hydrogen-bond donors (Lipinski definition) is 2. The van der Waals surface area contributed by atoms with Gasteiger partial charge in [-0.25, -0.2) is 15.0 Å². The number of hydrogen-bond acceptors (Lipinski definition) is 9. The van der Waals surface area contributed by atoms with E-state index in [1.54, 1.807) is 22.7 Å². The number of benzene rings is 2. The molecule has 0 saturated heterocycles. The van der Waals surface area contributed by atoms with Crippen molar-refractivity contribution in [2.24, 2.45) is 10.2 Å². The van der Waals surface area contributed by atoms with Crippen LogP contribution in [0.1, 0.15) is 25.2 Å². The van der Waals surface area contributed by atoms with E-state index in [4.69, 9.17) is 4.98 Å². The Morgan fingerprint density at radius 1 is 0.625 bits per heavy atom. The molecule has 5 rings (SSSR count). The first-order valence-corrected chi connectivity index (χ1v) is 11.6. The number of rotatable bonds is 6. The van der Waals surface area contributed by atoms with E-state index in [0.717, 1.165) is 53.5 Å². The summed E-state index contributed by atoms with van der Waals surface area (Å²) in [7, 11) is 0. The molecule has 0 radical (unpaired) electrons. The lowest BCUT2D eigenvalue weighted by atomic mass is 10.2. The van der Waals surface area contributed by atoms with Gasteiger partial charge in [-0.1, -0.05) is 53.0 Å². The normalized spacial score (nSPS) is 12.4. The van der Waals surface area contributed by atoms with Crippen molar-refractivity contribution in [2.45, 2.75) is 13.8 Å². The lowest BCUT2D eigenvalue weighted by Crippen LogP contribution is -2.08. The molecular formula is C23H19N7S2. The second kappa shape index (κ2) is 8.81. The third kappa shape index (κ3) is 4.34. The standard InChI is InChI=1S/C23H19N7S2/c1-14(27-29-22-25-18-8-3-5-12-20(18)31-22)16-10-7-11-17(24-16)15(2)28-30-23-26-19-9-4-6-13-21(19)32-23/h3-13H,1-2H3,(H,25,29)(H,26,30)/b27-14-,28-15+. The molecule has 5 aromatic rings. The Morgan fingerprint density at radius 3 is 1.56 bits per heavy atom. The van der Waals surface area contributed by atoms with Crippen molar-refractivity contribution < 1.29 is 0 Å². The Labute approximate surface area is 192 Å². The molecule has 0 unspecified atom stereocenters. The molecule has 0 amide bonds. The molecule has 0 aliphatic carbocycles. The molecular weight excluding hydrogens is 438 g/mol. The Balaban J connectivity index is 1.31. The van der Waals surface area contributed by atoms with E-state index in [2.05, 4.69) is 31.0 Å². The molecule has 3 heterocycles. The zero-order valence-corrected chi connectivity index (χ0v) is 19.0. The van der Waals surface area contributed by atoms with Crippen LogP contribution >= 0.6 is 22.7 Å². The van der Waals surface area contributed by atoms with E-state index in [9.17, 15) is 0 Å². The molecule has 0 fully saturated rings. The first-order valence-electron chi connectivity index (χ1n) is 9.95. The minimum absolute atomic E-state index is 0.750. The fraction of sp³-hybridized carbons (Fsp3) is 0.0870. The molecule has 7 nitrogen and oxygen atoms in total. The third-order valence-electron chi connectivity index (χ3n) is 4.72. The molecule has 2 N–H and O–H groups in total. The second-order valence-corrected chi connectivity index (χ2v) is 9.06. The number of para-hydroxylation sites is 2. The van der Waals surface area contributed by atoms with Crippen LogP contribution in [0, 0.1) is 0 Å². The van der Waals surface area contributed by atoms with E-state index in [-0.39, 0.29) is 0 Å². The smallest absolute Gasteiger partial charge is 0.204 e. The molecule has 0 spiro atoms. The molecule has 0 bridgehead atoms. The highest BCUT2D eigenvalue weighted by Crippen LogP contribution is 2.26. The summed E-state index contributed by atoms with van der Waals surface area (Å²) in [5.41, 5.74) is 11.1. The van der Waals surface area contributed by atoms with Gasteiger partial charge in [0, 0.05) is 0 Å². The highest BCUT2D eigenvalue weighted by Gasteiger charge is 2.07. The van der Waals surface area contributed by atoms with E-state index in [1.165, 1.54) is 0 Å². The van der Waals surface area contributed by atoms with Crippen molar-refractivity contribution in [1.82, 2.24) is 15.0 Å². The minimum Gasteiger partial charge on any atom is -0.252 e. The first-order chi connectivity index (χ1) is 15.7. The summed E-state index contributed by atoms with van der Waals surface area (Å²) in [6, 6.07) is 21.8. The SMILES string of the molecule is C/C(=N/Nc1nc2ccccc2s1)c1cccc(/C(C)=N/Nc2nc3ccccc3s2)n1. The summed E-state index contributed by atoms with van der Waals surface area (Å²) < 4.78 is 2.24. The average Bonchev–Trinajstić information content (AvgIpc) is 3.44. The van der Waals surface area contributed by atoms with Crippen molar-refractivity contribution in [1.29, 1.82) is 0 Å². The van der Waals surface area contributed by atoms with Gasteiger partial charge >= 0.3 is 0 Å². The van der Waals surface area contributed by atoms with E-state index < -0.39 is 0 Å². The Hall–Kier alpha value is -3.69. The maximum Gasteiger partial charge on any atom is 0.204 e. The van der Waals surface area contributed by atoms with Gasteiger partial charge < -0.3 is 0 Å². The van der Waals surface area contributed by atoms with Crippen LogP contribution in [0.15, 0.2) is 76.9 Å². The summed E-state index contributed by atoms with van der Waals surface area (Å²) in [4.78, 5) is 13.8. The number of nitrogens with zero attached hydrogens (tertiary/aromatic N) is 5. The van der Waals surface area contributed by atoms with Crippen LogP contribution in [-0.4, -0.2) is 26.4 Å². The summed E-state index contributed by atoms with van der Waals surface area (Å²) >= 11 is 3.13. The minimum atomic E-state index is 0.750. The van der Waals surface area contributed by atoms with Gasteiger partial charge in [-0.15, -0.1) is 0 Å². The largest absolute Gasteiger partial charge is 0.252 e. The zero-order chi connectivity index (χ0) is 21.9. The quantitative estimate of drug-likeness (QED) is 0.242. The molecule has 0 saturated carbocycles. The topological polar surface area (TPSA) is 87.5 Å². The first kappa shape index (κ1) is 20.2. The molecule has 0 atom stereocenters. The second-order valence-electron chi connectivity index (χ2n) is 7.00. The number of hydrazone groups is 2. The molecule has 3 aromatic heterocycles. The van der Waals surface area contributed by atoms with E-state index >= 15 is 0 Å². The molecule has 32 heavy (non-hydrogen) atoms. The predicted octanol–water partition coefficient (Wildman–Crippen LogP) is 5.97. The fourth-order valence-corrected chi connectivity index (χ4v) is 4.67. The predicted molar refractivity (Wildman–Crippen MR) is 135 cm³/mol. The number of nitrogens with one attached hydrogen (secondary N) is 2. The fourth-order valence-electron chi connectivity index (χ4n) is 3.06. The van der Waals surface area contributed by atoms with Gasteiger partial charge in [0.2, 0.25) is 10.3 Å². The van der Waals surface area contributed by atoms with Gasteiger partial charge in [0.25, 0.3) is 0 Å². The van der Waals surface area contributed by atoms with Crippen LogP contribution in [0.4, 0.5) is 10.3 Å². The van der Waals surface area contributed by atoms with Crippen molar-refractivity contribution in [2.75, 3.05) is 10.9 Å². The van der Waals surface area contributed by atoms with Crippen molar-refractivity contribution in [3.63, 3.8) is 0 Å². The molecule has 9 heteroatoms. The van der Waals surface area contributed by atoms with Crippen LogP contribution in [0.3, 0.4) is 0 Å². The third-order valence-corrected chi connectivity index (χ3v) is 6.60. The summed E-state index contributed by atoms with van der Waals surface area (Å²) in [6.45, 7) is 3.83. The van der Waals surface area contributed by atoms with Crippen LogP contribution in [-0.2, 0) is 0 Å². The van der Waals surface area contributed by atoms with Crippen LogP contribution in [0.5, 0.6) is 0 Å². The number of aromatic nitrogens is 3. The highest BCUT2D eigenvalue weighted by atomic mass is 32.1. The summed E-state index contributed by atoms with van der Waals surface area (Å²) in [5.74, 6) is 0. The van der Waals surface area contributed by atoms with Crippen molar-refractivity contribution >= 4 is 64.8 Å². The van der Waals surface area contributed by atoms with Gasteiger partial charge in [-0.05, 0) is 50.2 Å².